The van der Waals surface area contributed by atoms with Crippen LogP contribution >= 0.6 is 0 Å². The number of hydrogen-bond acceptors (Lipinski definition) is 7. The molecule has 0 aliphatic carbocycles. The number of benzene rings is 1. The van der Waals surface area contributed by atoms with Crippen LogP contribution in [-0.4, -0.2) is 52.2 Å². The normalized spacial score (nSPS) is 17.4. The Bertz CT molecular complexity index is 1010. The minimum atomic E-state index is -3.74. The highest BCUT2D eigenvalue weighted by molar-refractivity contribution is 7.89. The van der Waals surface area contributed by atoms with Crippen LogP contribution in [-0.2, 0) is 21.3 Å². The van der Waals surface area contributed by atoms with Crippen molar-refractivity contribution in [2.75, 3.05) is 13.2 Å². The summed E-state index contributed by atoms with van der Waals surface area (Å²) in [5, 5.41) is 11.1. The number of aryl methyl sites for hydroxylation is 1. The zero-order chi connectivity index (χ0) is 19.6. The molecule has 9 nitrogen and oxygen atoms in total. The van der Waals surface area contributed by atoms with Crippen molar-refractivity contribution in [2.24, 2.45) is 0 Å². The molecule has 0 radical (unpaired) electrons. The Labute approximate surface area is 163 Å². The molecule has 1 fully saturated rings. The number of aromatic nitrogens is 4. The van der Waals surface area contributed by atoms with Crippen molar-refractivity contribution in [1.82, 2.24) is 24.5 Å². The molecule has 1 unspecified atom stereocenters. The molecular formula is C18H21N5O4S. The lowest BCUT2D eigenvalue weighted by atomic mass is 10.2. The van der Waals surface area contributed by atoms with Crippen molar-refractivity contribution in [1.29, 1.82) is 0 Å². The van der Waals surface area contributed by atoms with E-state index in [9.17, 15) is 8.42 Å². The van der Waals surface area contributed by atoms with Crippen molar-refractivity contribution in [2.45, 2.75) is 37.3 Å². The zero-order valence-corrected chi connectivity index (χ0v) is 16.2. The lowest BCUT2D eigenvalue weighted by Crippen LogP contribution is -2.36. The summed E-state index contributed by atoms with van der Waals surface area (Å²) in [5.41, 5.74) is 1.48. The highest BCUT2D eigenvalue weighted by Crippen LogP contribution is 2.25. The van der Waals surface area contributed by atoms with Crippen LogP contribution in [0.2, 0.25) is 0 Å². The third-order valence-corrected chi connectivity index (χ3v) is 6.55. The number of hydrogen-bond donors (Lipinski definition) is 0. The molecule has 1 aliphatic rings. The second-order valence-electron chi connectivity index (χ2n) is 6.71. The summed E-state index contributed by atoms with van der Waals surface area (Å²) in [7, 11) is -3.74. The molecule has 4 rings (SSSR count). The van der Waals surface area contributed by atoms with Crippen molar-refractivity contribution in [3.8, 4) is 5.69 Å². The van der Waals surface area contributed by atoms with E-state index in [1.165, 1.54) is 21.6 Å². The Balaban J connectivity index is 1.64. The smallest absolute Gasteiger partial charge is 0.243 e. The van der Waals surface area contributed by atoms with Crippen molar-refractivity contribution >= 4 is 10.0 Å². The van der Waals surface area contributed by atoms with E-state index in [1.54, 1.807) is 30.3 Å². The lowest BCUT2D eigenvalue weighted by Gasteiger charge is -2.24. The van der Waals surface area contributed by atoms with E-state index in [0.29, 0.717) is 12.4 Å². The first-order chi connectivity index (χ1) is 13.5. The Morgan fingerprint density at radius 1 is 1.32 bits per heavy atom. The molecule has 3 heterocycles. The van der Waals surface area contributed by atoms with Gasteiger partial charge in [0.25, 0.3) is 0 Å². The third kappa shape index (κ3) is 3.84. The molecule has 2 aromatic heterocycles. The van der Waals surface area contributed by atoms with Crippen LogP contribution in [0.1, 0.15) is 24.2 Å². The van der Waals surface area contributed by atoms with E-state index in [-0.39, 0.29) is 24.1 Å². The summed E-state index contributed by atoms with van der Waals surface area (Å²) in [6.45, 7) is 2.94. The molecule has 0 amide bonds. The second kappa shape index (κ2) is 7.82. The molecule has 1 aromatic carbocycles. The first-order valence-corrected chi connectivity index (χ1v) is 10.5. The van der Waals surface area contributed by atoms with Gasteiger partial charge in [0.15, 0.2) is 0 Å². The van der Waals surface area contributed by atoms with Crippen LogP contribution in [0.4, 0.5) is 0 Å². The topological polar surface area (TPSA) is 103 Å². The first kappa shape index (κ1) is 18.8. The lowest BCUT2D eigenvalue weighted by molar-refractivity contribution is 0.0914. The monoisotopic (exact) mass is 403 g/mol. The van der Waals surface area contributed by atoms with Gasteiger partial charge in [0, 0.05) is 13.2 Å². The van der Waals surface area contributed by atoms with E-state index in [1.807, 2.05) is 6.92 Å². The van der Waals surface area contributed by atoms with Crippen LogP contribution in [0.15, 0.2) is 52.2 Å². The highest BCUT2D eigenvalue weighted by atomic mass is 32.2. The van der Waals surface area contributed by atoms with Gasteiger partial charge in [0.1, 0.15) is 12.1 Å². The number of furan rings is 1. The summed E-state index contributed by atoms with van der Waals surface area (Å²) < 4.78 is 40.7. The van der Waals surface area contributed by atoms with Crippen LogP contribution in [0.3, 0.4) is 0 Å². The van der Waals surface area contributed by atoms with Gasteiger partial charge < -0.3 is 9.15 Å². The Kier molecular flexibility index (Phi) is 5.25. The van der Waals surface area contributed by atoms with Gasteiger partial charge in [-0.25, -0.2) is 13.1 Å². The molecule has 10 heteroatoms. The Hall–Kier alpha value is -2.56. The van der Waals surface area contributed by atoms with Gasteiger partial charge >= 0.3 is 0 Å². The molecule has 1 aliphatic heterocycles. The molecule has 0 bridgehead atoms. The molecular weight excluding hydrogens is 382 g/mol. The fraction of sp³-hybridized carbons (Fsp3) is 0.389. The van der Waals surface area contributed by atoms with E-state index < -0.39 is 10.0 Å². The standard InChI is InChI=1S/C18H21N5O4S/c1-14-10-17(6-7-18(14)23-13-19-20-21-23)28(24,25)22(11-15-4-2-8-26-15)12-16-5-3-9-27-16/h2,4,6-8,10,13,16H,3,5,9,11-12H2,1H3. The number of sulfonamides is 1. The molecule has 148 valence electrons. The third-order valence-electron chi connectivity index (χ3n) is 4.75. The predicted molar refractivity (Wildman–Crippen MR) is 99.2 cm³/mol. The fourth-order valence-corrected chi connectivity index (χ4v) is 4.83. The maximum absolute atomic E-state index is 13.4. The fourth-order valence-electron chi connectivity index (χ4n) is 3.31. The van der Waals surface area contributed by atoms with E-state index in [0.717, 1.165) is 24.1 Å². The SMILES string of the molecule is Cc1cc(S(=O)(=O)N(Cc2ccco2)CC2CCCO2)ccc1-n1cnnn1. The van der Waals surface area contributed by atoms with Crippen molar-refractivity contribution in [3.05, 3.63) is 54.2 Å². The van der Waals surface area contributed by atoms with Crippen LogP contribution in [0.5, 0.6) is 0 Å². The number of rotatable bonds is 7. The van der Waals surface area contributed by atoms with Gasteiger partial charge in [-0.05, 0) is 66.1 Å². The van der Waals surface area contributed by atoms with Crippen LogP contribution in [0.25, 0.3) is 5.69 Å². The Morgan fingerprint density at radius 3 is 2.86 bits per heavy atom. The zero-order valence-electron chi connectivity index (χ0n) is 15.4. The van der Waals surface area contributed by atoms with Gasteiger partial charge in [-0.3, -0.25) is 0 Å². The molecule has 1 atom stereocenters. The molecule has 3 aromatic rings. The predicted octanol–water partition coefficient (Wildman–Crippen LogP) is 1.93. The number of ether oxygens (including phenoxy) is 1. The maximum atomic E-state index is 13.4. The summed E-state index contributed by atoms with van der Waals surface area (Å²) in [6.07, 6.45) is 4.70. The summed E-state index contributed by atoms with van der Waals surface area (Å²) >= 11 is 0. The van der Waals surface area contributed by atoms with Crippen molar-refractivity contribution in [3.63, 3.8) is 0 Å². The van der Waals surface area contributed by atoms with E-state index in [2.05, 4.69) is 15.5 Å². The van der Waals surface area contributed by atoms with Crippen LogP contribution in [0, 0.1) is 6.92 Å². The largest absolute Gasteiger partial charge is 0.468 e. The van der Waals surface area contributed by atoms with Gasteiger partial charge in [-0.2, -0.15) is 4.31 Å². The number of tetrazole rings is 1. The number of nitrogens with zero attached hydrogens (tertiary/aromatic N) is 5. The highest BCUT2D eigenvalue weighted by Gasteiger charge is 2.30. The first-order valence-electron chi connectivity index (χ1n) is 9.02. The molecule has 28 heavy (non-hydrogen) atoms. The van der Waals surface area contributed by atoms with Gasteiger partial charge in [-0.1, -0.05) is 0 Å². The minimum Gasteiger partial charge on any atom is -0.468 e. The average Bonchev–Trinajstić information content (AvgIpc) is 3.44. The average molecular weight is 403 g/mol. The van der Waals surface area contributed by atoms with E-state index in [4.69, 9.17) is 9.15 Å². The van der Waals surface area contributed by atoms with Gasteiger partial charge in [-0.15, -0.1) is 5.10 Å². The summed E-state index contributed by atoms with van der Waals surface area (Å²) in [5.74, 6) is 0.587. The van der Waals surface area contributed by atoms with Crippen LogP contribution < -0.4 is 0 Å². The molecule has 0 spiro atoms. The molecule has 0 saturated carbocycles. The Morgan fingerprint density at radius 2 is 2.21 bits per heavy atom. The van der Waals surface area contributed by atoms with Gasteiger partial charge in [0.05, 0.1) is 29.5 Å². The summed E-state index contributed by atoms with van der Waals surface area (Å²) in [4.78, 5) is 0.214. The minimum absolute atomic E-state index is 0.105. The molecule has 1 saturated heterocycles. The maximum Gasteiger partial charge on any atom is 0.243 e. The second-order valence-corrected chi connectivity index (χ2v) is 8.65. The molecule has 0 N–H and O–H groups in total. The van der Waals surface area contributed by atoms with E-state index >= 15 is 0 Å². The van der Waals surface area contributed by atoms with Crippen molar-refractivity contribution < 1.29 is 17.6 Å². The van der Waals surface area contributed by atoms with Gasteiger partial charge in [0.2, 0.25) is 10.0 Å². The quantitative estimate of drug-likeness (QED) is 0.594. The summed E-state index contributed by atoms with van der Waals surface area (Å²) in [6, 6.07) is 8.43.